The van der Waals surface area contributed by atoms with Crippen molar-refractivity contribution in [3.8, 4) is 0 Å². The minimum Gasteiger partial charge on any atom is -0.464 e. The fraction of sp³-hybridized carbons (Fsp3) is 0.0588. The minimum absolute atomic E-state index is 0.0292. The summed E-state index contributed by atoms with van der Waals surface area (Å²) in [6, 6.07) is 13.2. The van der Waals surface area contributed by atoms with Gasteiger partial charge in [0.25, 0.3) is 0 Å². The molecule has 3 rings (SSSR count). The Morgan fingerprint density at radius 2 is 1.96 bits per heavy atom. The van der Waals surface area contributed by atoms with E-state index in [0.717, 1.165) is 5.69 Å². The summed E-state index contributed by atoms with van der Waals surface area (Å²) in [5, 5.41) is 4.32. The third kappa shape index (κ3) is 3.10. The number of carbonyl (C=O) groups excluding carboxylic acids is 1. The lowest BCUT2D eigenvalue weighted by Crippen LogP contribution is -2.06. The van der Waals surface area contributed by atoms with E-state index in [1.165, 1.54) is 19.2 Å². The topological polar surface area (TPSA) is 51.2 Å². The SMILES string of the molecule is COC(=O)c1cc(Nc2ccc(Cl)cc2)c2cccc(F)c2n1. The average molecular weight is 331 g/mol. The Labute approximate surface area is 136 Å². The molecule has 1 heterocycles. The molecule has 116 valence electrons. The van der Waals surface area contributed by atoms with Crippen molar-refractivity contribution in [2.24, 2.45) is 0 Å². The zero-order valence-corrected chi connectivity index (χ0v) is 12.9. The Balaban J connectivity index is 2.15. The first-order valence-corrected chi connectivity index (χ1v) is 7.16. The zero-order valence-electron chi connectivity index (χ0n) is 12.1. The van der Waals surface area contributed by atoms with Crippen molar-refractivity contribution in [3.63, 3.8) is 0 Å². The third-order valence-electron chi connectivity index (χ3n) is 3.31. The molecule has 2 aromatic carbocycles. The molecule has 0 aliphatic rings. The summed E-state index contributed by atoms with van der Waals surface area (Å²) in [4.78, 5) is 15.8. The van der Waals surface area contributed by atoms with E-state index in [9.17, 15) is 9.18 Å². The van der Waals surface area contributed by atoms with Gasteiger partial charge in [0.15, 0.2) is 5.69 Å². The van der Waals surface area contributed by atoms with Gasteiger partial charge in [0, 0.05) is 16.1 Å². The lowest BCUT2D eigenvalue weighted by Gasteiger charge is -2.12. The van der Waals surface area contributed by atoms with Crippen LogP contribution >= 0.6 is 11.6 Å². The molecule has 0 radical (unpaired) electrons. The van der Waals surface area contributed by atoms with E-state index in [4.69, 9.17) is 11.6 Å². The number of carbonyl (C=O) groups is 1. The Kier molecular flexibility index (Phi) is 4.12. The van der Waals surface area contributed by atoms with Crippen LogP contribution in [0.2, 0.25) is 5.02 Å². The number of aromatic nitrogens is 1. The normalized spacial score (nSPS) is 10.6. The van der Waals surface area contributed by atoms with Crippen LogP contribution < -0.4 is 5.32 Å². The molecule has 6 heteroatoms. The Hall–Kier alpha value is -2.66. The van der Waals surface area contributed by atoms with Gasteiger partial charge in [-0.15, -0.1) is 0 Å². The van der Waals surface area contributed by atoms with Crippen molar-refractivity contribution in [1.29, 1.82) is 0 Å². The molecule has 0 spiro atoms. The number of nitrogens with one attached hydrogen (secondary N) is 1. The summed E-state index contributed by atoms with van der Waals surface area (Å²) in [6.07, 6.45) is 0. The molecule has 0 atom stereocenters. The maximum atomic E-state index is 14.0. The molecule has 0 aliphatic carbocycles. The summed E-state index contributed by atoms with van der Waals surface area (Å²) in [5.74, 6) is -1.14. The molecule has 0 unspecified atom stereocenters. The first-order valence-electron chi connectivity index (χ1n) is 6.78. The van der Waals surface area contributed by atoms with Gasteiger partial charge >= 0.3 is 5.97 Å². The number of benzene rings is 2. The third-order valence-corrected chi connectivity index (χ3v) is 3.56. The van der Waals surface area contributed by atoms with Gasteiger partial charge in [0.2, 0.25) is 0 Å². The molecule has 4 nitrogen and oxygen atoms in total. The number of esters is 1. The molecule has 3 aromatic rings. The second kappa shape index (κ2) is 6.22. The van der Waals surface area contributed by atoms with Gasteiger partial charge in [0.05, 0.1) is 12.8 Å². The van der Waals surface area contributed by atoms with E-state index in [0.29, 0.717) is 16.1 Å². The Bertz CT molecular complexity index is 882. The van der Waals surface area contributed by atoms with Crippen LogP contribution in [0.1, 0.15) is 10.5 Å². The van der Waals surface area contributed by atoms with Crippen molar-refractivity contribution in [2.75, 3.05) is 12.4 Å². The highest BCUT2D eigenvalue weighted by Gasteiger charge is 2.14. The lowest BCUT2D eigenvalue weighted by atomic mass is 10.1. The minimum atomic E-state index is -0.630. The molecule has 0 saturated heterocycles. The summed E-state index contributed by atoms with van der Waals surface area (Å²) in [7, 11) is 1.25. The smallest absolute Gasteiger partial charge is 0.356 e. The summed E-state index contributed by atoms with van der Waals surface area (Å²) in [5.41, 5.74) is 1.44. The van der Waals surface area contributed by atoms with Crippen LogP contribution in [0.15, 0.2) is 48.5 Å². The number of ether oxygens (including phenoxy) is 1. The zero-order chi connectivity index (χ0) is 16.4. The number of nitrogens with zero attached hydrogens (tertiary/aromatic N) is 1. The Morgan fingerprint density at radius 3 is 2.65 bits per heavy atom. The predicted octanol–water partition coefficient (Wildman–Crippen LogP) is 4.56. The van der Waals surface area contributed by atoms with Crippen LogP contribution in [0.4, 0.5) is 15.8 Å². The van der Waals surface area contributed by atoms with Gasteiger partial charge in [0.1, 0.15) is 11.3 Å². The van der Waals surface area contributed by atoms with Crippen LogP contribution in [-0.4, -0.2) is 18.1 Å². The number of pyridine rings is 1. The van der Waals surface area contributed by atoms with Gasteiger partial charge in [-0.25, -0.2) is 14.2 Å². The fourth-order valence-electron chi connectivity index (χ4n) is 2.21. The van der Waals surface area contributed by atoms with Crippen LogP contribution in [0.3, 0.4) is 0 Å². The first-order chi connectivity index (χ1) is 11.1. The van der Waals surface area contributed by atoms with Crippen molar-refractivity contribution in [3.05, 3.63) is 65.1 Å². The standard InChI is InChI=1S/C17H12ClFN2O2/c1-23-17(22)15-9-14(20-11-7-5-10(18)6-8-11)12-3-2-4-13(19)16(12)21-15/h2-9H,1H3,(H,20,21). The molecular formula is C17H12ClFN2O2. The van der Waals surface area contributed by atoms with E-state index in [2.05, 4.69) is 15.0 Å². The first kappa shape index (κ1) is 15.2. The number of methoxy groups -OCH3 is 1. The predicted molar refractivity (Wildman–Crippen MR) is 87.8 cm³/mol. The second-order valence-electron chi connectivity index (χ2n) is 4.81. The fourth-order valence-corrected chi connectivity index (χ4v) is 2.34. The maximum Gasteiger partial charge on any atom is 0.356 e. The maximum absolute atomic E-state index is 14.0. The van der Waals surface area contributed by atoms with Crippen molar-refractivity contribution in [2.45, 2.75) is 0 Å². The summed E-state index contributed by atoms with van der Waals surface area (Å²) < 4.78 is 18.7. The van der Waals surface area contributed by atoms with E-state index in [1.54, 1.807) is 36.4 Å². The lowest BCUT2D eigenvalue weighted by molar-refractivity contribution is 0.0594. The van der Waals surface area contributed by atoms with E-state index < -0.39 is 11.8 Å². The van der Waals surface area contributed by atoms with Gasteiger partial charge < -0.3 is 10.1 Å². The number of para-hydroxylation sites is 1. The van der Waals surface area contributed by atoms with Crippen molar-refractivity contribution >= 4 is 39.8 Å². The summed E-state index contributed by atoms with van der Waals surface area (Å²) >= 11 is 5.87. The van der Waals surface area contributed by atoms with Crippen LogP contribution in [0.25, 0.3) is 10.9 Å². The van der Waals surface area contributed by atoms with Crippen LogP contribution in [0.5, 0.6) is 0 Å². The highest BCUT2D eigenvalue weighted by atomic mass is 35.5. The Morgan fingerprint density at radius 1 is 1.22 bits per heavy atom. The van der Waals surface area contributed by atoms with Crippen LogP contribution in [-0.2, 0) is 4.74 Å². The quantitative estimate of drug-likeness (QED) is 0.715. The number of fused-ring (bicyclic) bond motifs is 1. The largest absolute Gasteiger partial charge is 0.464 e. The number of halogens is 2. The van der Waals surface area contributed by atoms with Gasteiger partial charge in [-0.05, 0) is 36.4 Å². The molecular weight excluding hydrogens is 319 g/mol. The highest BCUT2D eigenvalue weighted by Crippen LogP contribution is 2.28. The number of rotatable bonds is 3. The molecule has 0 aliphatic heterocycles. The highest BCUT2D eigenvalue weighted by molar-refractivity contribution is 6.30. The van der Waals surface area contributed by atoms with E-state index >= 15 is 0 Å². The molecule has 0 bridgehead atoms. The molecule has 0 fully saturated rings. The average Bonchev–Trinajstić information content (AvgIpc) is 2.57. The van der Waals surface area contributed by atoms with Crippen molar-refractivity contribution < 1.29 is 13.9 Å². The molecule has 23 heavy (non-hydrogen) atoms. The van der Waals surface area contributed by atoms with Crippen LogP contribution in [0, 0.1) is 5.82 Å². The van der Waals surface area contributed by atoms with E-state index in [1.807, 2.05) is 0 Å². The number of hydrogen-bond donors (Lipinski definition) is 1. The molecule has 1 N–H and O–H groups in total. The van der Waals surface area contributed by atoms with Crippen molar-refractivity contribution in [1.82, 2.24) is 4.98 Å². The van der Waals surface area contributed by atoms with Gasteiger partial charge in [-0.1, -0.05) is 23.7 Å². The van der Waals surface area contributed by atoms with Gasteiger partial charge in [-0.3, -0.25) is 0 Å². The number of anilines is 2. The molecule has 0 amide bonds. The monoisotopic (exact) mass is 330 g/mol. The molecule has 1 aromatic heterocycles. The summed E-state index contributed by atoms with van der Waals surface area (Å²) in [6.45, 7) is 0. The second-order valence-corrected chi connectivity index (χ2v) is 5.25. The van der Waals surface area contributed by atoms with Gasteiger partial charge in [-0.2, -0.15) is 0 Å². The number of hydrogen-bond acceptors (Lipinski definition) is 4. The molecule has 0 saturated carbocycles. The van der Waals surface area contributed by atoms with E-state index in [-0.39, 0.29) is 11.2 Å².